The molecule has 148 valence electrons. The fourth-order valence-electron chi connectivity index (χ4n) is 2.79. The molecule has 3 aromatic rings. The SMILES string of the molecule is COC[C@H](NC(=O)c1c(C)oc2ccc(OCc3cnc(C)s3)cc12)C(N)=O. The smallest absolute Gasteiger partial charge is 0.256 e. The van der Waals surface area contributed by atoms with Crippen molar-refractivity contribution >= 4 is 34.1 Å². The summed E-state index contributed by atoms with van der Waals surface area (Å²) in [6, 6.07) is 4.32. The molecule has 9 heteroatoms. The van der Waals surface area contributed by atoms with Crippen molar-refractivity contribution in [3.8, 4) is 5.75 Å². The van der Waals surface area contributed by atoms with Crippen molar-refractivity contribution in [2.24, 2.45) is 5.73 Å². The number of rotatable bonds is 8. The molecular formula is C19H21N3O5S. The molecule has 0 aliphatic rings. The Hall–Kier alpha value is -2.91. The van der Waals surface area contributed by atoms with Gasteiger partial charge in [-0.1, -0.05) is 0 Å². The highest BCUT2D eigenvalue weighted by atomic mass is 32.1. The van der Waals surface area contributed by atoms with Crippen LogP contribution in [-0.4, -0.2) is 36.6 Å². The number of primary amides is 1. The number of amides is 2. The van der Waals surface area contributed by atoms with Gasteiger partial charge in [0, 0.05) is 18.7 Å². The summed E-state index contributed by atoms with van der Waals surface area (Å²) >= 11 is 1.56. The molecule has 2 heterocycles. The van der Waals surface area contributed by atoms with Gasteiger partial charge in [0.2, 0.25) is 5.91 Å². The lowest BCUT2D eigenvalue weighted by molar-refractivity contribution is -0.121. The summed E-state index contributed by atoms with van der Waals surface area (Å²) in [6.45, 7) is 3.99. The van der Waals surface area contributed by atoms with Crippen molar-refractivity contribution < 1.29 is 23.5 Å². The Morgan fingerprint density at radius 3 is 2.79 bits per heavy atom. The maximum atomic E-state index is 12.7. The number of aromatic nitrogens is 1. The van der Waals surface area contributed by atoms with Crippen molar-refractivity contribution in [3.63, 3.8) is 0 Å². The molecule has 0 aliphatic heterocycles. The van der Waals surface area contributed by atoms with Gasteiger partial charge in [0.15, 0.2) is 0 Å². The summed E-state index contributed by atoms with van der Waals surface area (Å²) in [5, 5.41) is 4.15. The summed E-state index contributed by atoms with van der Waals surface area (Å²) in [5.41, 5.74) is 6.19. The van der Waals surface area contributed by atoms with E-state index < -0.39 is 17.9 Å². The molecule has 0 bridgehead atoms. The molecule has 0 radical (unpaired) electrons. The van der Waals surface area contributed by atoms with Crippen LogP contribution in [0, 0.1) is 13.8 Å². The second-order valence-corrected chi connectivity index (χ2v) is 7.53. The van der Waals surface area contributed by atoms with Crippen LogP contribution in [0.2, 0.25) is 0 Å². The Bertz CT molecular complexity index is 1010. The third kappa shape index (κ3) is 4.32. The topological polar surface area (TPSA) is 117 Å². The number of hydrogen-bond donors (Lipinski definition) is 2. The third-order valence-corrected chi connectivity index (χ3v) is 4.98. The minimum Gasteiger partial charge on any atom is -0.488 e. The zero-order valence-corrected chi connectivity index (χ0v) is 16.6. The predicted molar refractivity (Wildman–Crippen MR) is 104 cm³/mol. The number of carbonyl (C=O) groups excluding carboxylic acids is 2. The molecule has 1 atom stereocenters. The summed E-state index contributed by atoms with van der Waals surface area (Å²) in [7, 11) is 1.43. The standard InChI is InChI=1S/C19H21N3O5S/c1-10-17(19(24)22-15(9-25-3)18(20)23)14-6-12(4-5-16(14)27-10)26-8-13-7-21-11(2)28-13/h4-7,15H,8-9H2,1-3H3,(H2,20,23)(H,22,24)/t15-/m0/s1. The Labute approximate surface area is 165 Å². The Balaban J connectivity index is 1.84. The number of thiazole rings is 1. The van der Waals surface area contributed by atoms with Crippen molar-refractivity contribution in [3.05, 3.63) is 45.6 Å². The van der Waals surface area contributed by atoms with Gasteiger partial charge in [-0.3, -0.25) is 9.59 Å². The van der Waals surface area contributed by atoms with E-state index in [0.717, 1.165) is 9.88 Å². The highest BCUT2D eigenvalue weighted by Gasteiger charge is 2.24. The molecule has 0 saturated carbocycles. The molecule has 0 unspecified atom stereocenters. The van der Waals surface area contributed by atoms with Gasteiger partial charge < -0.3 is 24.9 Å². The lowest BCUT2D eigenvalue weighted by atomic mass is 10.1. The molecule has 0 aliphatic carbocycles. The molecule has 3 rings (SSSR count). The number of ether oxygens (including phenoxy) is 2. The van der Waals surface area contributed by atoms with Crippen LogP contribution >= 0.6 is 11.3 Å². The number of carbonyl (C=O) groups is 2. The van der Waals surface area contributed by atoms with Crippen LogP contribution in [0.15, 0.2) is 28.8 Å². The Morgan fingerprint density at radius 1 is 1.36 bits per heavy atom. The minimum absolute atomic E-state index is 0.0153. The fraction of sp³-hybridized carbons (Fsp3) is 0.316. The number of benzene rings is 1. The van der Waals surface area contributed by atoms with E-state index in [9.17, 15) is 9.59 Å². The van der Waals surface area contributed by atoms with Crippen molar-refractivity contribution in [2.75, 3.05) is 13.7 Å². The molecule has 0 fully saturated rings. The monoisotopic (exact) mass is 403 g/mol. The molecule has 3 N–H and O–H groups in total. The lowest BCUT2D eigenvalue weighted by Gasteiger charge is -2.14. The van der Waals surface area contributed by atoms with Gasteiger partial charge >= 0.3 is 0 Å². The van der Waals surface area contributed by atoms with Crippen LogP contribution in [0.3, 0.4) is 0 Å². The van der Waals surface area contributed by atoms with Gasteiger partial charge in [-0.05, 0) is 32.0 Å². The second-order valence-electron chi connectivity index (χ2n) is 6.21. The molecular weight excluding hydrogens is 382 g/mol. The first-order chi connectivity index (χ1) is 13.4. The highest BCUT2D eigenvalue weighted by molar-refractivity contribution is 7.11. The van der Waals surface area contributed by atoms with Crippen molar-refractivity contribution in [1.29, 1.82) is 0 Å². The number of furan rings is 1. The largest absolute Gasteiger partial charge is 0.488 e. The molecule has 0 spiro atoms. The van der Waals surface area contributed by atoms with E-state index in [0.29, 0.717) is 34.6 Å². The number of nitrogens with two attached hydrogens (primary N) is 1. The molecule has 0 saturated heterocycles. The third-order valence-electron chi connectivity index (χ3n) is 4.09. The molecule has 8 nitrogen and oxygen atoms in total. The lowest BCUT2D eigenvalue weighted by Crippen LogP contribution is -2.47. The van der Waals surface area contributed by atoms with Crippen LogP contribution in [0.25, 0.3) is 11.0 Å². The van der Waals surface area contributed by atoms with E-state index in [4.69, 9.17) is 19.6 Å². The van der Waals surface area contributed by atoms with Crippen LogP contribution in [-0.2, 0) is 16.1 Å². The predicted octanol–water partition coefficient (Wildman–Crippen LogP) is 2.32. The van der Waals surface area contributed by atoms with Crippen LogP contribution < -0.4 is 15.8 Å². The molecule has 2 aromatic heterocycles. The van der Waals surface area contributed by atoms with E-state index in [1.165, 1.54) is 7.11 Å². The first kappa shape index (κ1) is 19.8. The zero-order valence-electron chi connectivity index (χ0n) is 15.8. The number of hydrogen-bond acceptors (Lipinski definition) is 7. The quantitative estimate of drug-likeness (QED) is 0.596. The normalized spacial score (nSPS) is 12.1. The summed E-state index contributed by atoms with van der Waals surface area (Å²) in [4.78, 5) is 29.4. The van der Waals surface area contributed by atoms with E-state index in [1.54, 1.807) is 42.7 Å². The van der Waals surface area contributed by atoms with Gasteiger partial charge in [-0.25, -0.2) is 4.98 Å². The zero-order chi connectivity index (χ0) is 20.3. The summed E-state index contributed by atoms with van der Waals surface area (Å²) in [5.74, 6) is -0.114. The van der Waals surface area contributed by atoms with Crippen LogP contribution in [0.4, 0.5) is 0 Å². The van der Waals surface area contributed by atoms with E-state index in [1.807, 2.05) is 6.92 Å². The van der Waals surface area contributed by atoms with Gasteiger partial charge in [0.25, 0.3) is 5.91 Å². The van der Waals surface area contributed by atoms with E-state index >= 15 is 0 Å². The van der Waals surface area contributed by atoms with E-state index in [2.05, 4.69) is 10.3 Å². The fourth-order valence-corrected chi connectivity index (χ4v) is 3.50. The summed E-state index contributed by atoms with van der Waals surface area (Å²) in [6.07, 6.45) is 1.78. The van der Waals surface area contributed by atoms with Crippen molar-refractivity contribution in [2.45, 2.75) is 26.5 Å². The first-order valence-electron chi connectivity index (χ1n) is 8.55. The maximum Gasteiger partial charge on any atom is 0.256 e. The number of nitrogens with zero attached hydrogens (tertiary/aromatic N) is 1. The molecule has 28 heavy (non-hydrogen) atoms. The highest BCUT2D eigenvalue weighted by Crippen LogP contribution is 2.29. The average Bonchev–Trinajstić information content (AvgIpc) is 3.21. The number of nitrogens with one attached hydrogen (secondary N) is 1. The Morgan fingerprint density at radius 2 is 2.14 bits per heavy atom. The van der Waals surface area contributed by atoms with Gasteiger partial charge in [-0.15, -0.1) is 11.3 Å². The first-order valence-corrected chi connectivity index (χ1v) is 9.37. The van der Waals surface area contributed by atoms with Gasteiger partial charge in [0.05, 0.1) is 22.1 Å². The summed E-state index contributed by atoms with van der Waals surface area (Å²) < 4.78 is 16.4. The number of methoxy groups -OCH3 is 1. The van der Waals surface area contributed by atoms with Gasteiger partial charge in [0.1, 0.15) is 29.7 Å². The number of aryl methyl sites for hydroxylation is 2. The molecule has 1 aromatic carbocycles. The maximum absolute atomic E-state index is 12.7. The molecule has 2 amide bonds. The van der Waals surface area contributed by atoms with Crippen LogP contribution in [0.1, 0.15) is 26.0 Å². The Kier molecular flexibility index (Phi) is 5.96. The van der Waals surface area contributed by atoms with Crippen molar-refractivity contribution in [1.82, 2.24) is 10.3 Å². The second kappa shape index (κ2) is 8.41. The minimum atomic E-state index is -0.934. The number of fused-ring (bicyclic) bond motifs is 1. The van der Waals surface area contributed by atoms with E-state index in [-0.39, 0.29) is 6.61 Å². The average molecular weight is 403 g/mol. The van der Waals surface area contributed by atoms with Gasteiger partial charge in [-0.2, -0.15) is 0 Å². The van der Waals surface area contributed by atoms with Crippen LogP contribution in [0.5, 0.6) is 5.75 Å².